The second-order valence-electron chi connectivity index (χ2n) is 3.00. The minimum atomic E-state index is -0.487. The van der Waals surface area contributed by atoms with E-state index in [1.165, 1.54) is 0 Å². The lowest BCUT2D eigenvalue weighted by molar-refractivity contribution is 0.0904. The fourth-order valence-corrected chi connectivity index (χ4v) is 1.30. The molecule has 14 heavy (non-hydrogen) atoms. The van der Waals surface area contributed by atoms with Crippen LogP contribution in [-0.4, -0.2) is 22.5 Å². The van der Waals surface area contributed by atoms with E-state index >= 15 is 0 Å². The van der Waals surface area contributed by atoms with E-state index in [0.29, 0.717) is 17.0 Å². The molecule has 4 nitrogen and oxygen atoms in total. The van der Waals surface area contributed by atoms with E-state index in [1.807, 2.05) is 0 Å². The Kier molecular flexibility index (Phi) is 2.05. The molecule has 0 saturated heterocycles. The van der Waals surface area contributed by atoms with Crippen LogP contribution in [0.25, 0.3) is 11.1 Å². The van der Waals surface area contributed by atoms with Crippen LogP contribution >= 0.6 is 0 Å². The van der Waals surface area contributed by atoms with Gasteiger partial charge < -0.3 is 9.52 Å². The average Bonchev–Trinajstić information content (AvgIpc) is 2.55. The van der Waals surface area contributed by atoms with Crippen molar-refractivity contribution in [3.63, 3.8) is 0 Å². The van der Waals surface area contributed by atoms with E-state index in [2.05, 4.69) is 4.98 Å². The maximum atomic E-state index is 11.2. The summed E-state index contributed by atoms with van der Waals surface area (Å²) in [4.78, 5) is 15.3. The molecule has 0 aliphatic carbocycles. The molecule has 0 atom stereocenters. The smallest absolute Gasteiger partial charge is 0.192 e. The molecule has 0 amide bonds. The number of ketones is 1. The van der Waals surface area contributed by atoms with Crippen LogP contribution in [0.2, 0.25) is 0 Å². The average molecular weight is 191 g/mol. The van der Waals surface area contributed by atoms with Gasteiger partial charge in [-0.1, -0.05) is 0 Å². The first-order valence-corrected chi connectivity index (χ1v) is 4.22. The predicted octanol–water partition coefficient (Wildman–Crippen LogP) is 1.31. The van der Waals surface area contributed by atoms with Crippen molar-refractivity contribution in [2.45, 2.75) is 6.92 Å². The quantitative estimate of drug-likeness (QED) is 0.727. The number of aliphatic hydroxyl groups is 1. The molecule has 2 aromatic rings. The third kappa shape index (κ3) is 1.40. The molecule has 0 radical (unpaired) electrons. The Balaban J connectivity index is 2.55. The van der Waals surface area contributed by atoms with Gasteiger partial charge in [-0.25, -0.2) is 4.98 Å². The number of benzene rings is 1. The summed E-state index contributed by atoms with van der Waals surface area (Å²) >= 11 is 0. The first-order valence-electron chi connectivity index (χ1n) is 4.22. The van der Waals surface area contributed by atoms with Crippen molar-refractivity contribution < 1.29 is 14.3 Å². The number of Topliss-reactive ketones (excluding diaryl/α,β-unsaturated/α-hetero) is 1. The minimum absolute atomic E-state index is 0.319. The molecule has 72 valence electrons. The highest BCUT2D eigenvalue weighted by Gasteiger charge is 2.07. The number of carbonyl (C=O) groups excluding carboxylic acids is 1. The Hall–Kier alpha value is -1.68. The number of oxazole rings is 1. The molecule has 0 fully saturated rings. The van der Waals surface area contributed by atoms with Gasteiger partial charge in [-0.2, -0.15) is 0 Å². The van der Waals surface area contributed by atoms with Crippen molar-refractivity contribution >= 4 is 16.9 Å². The molecule has 0 aliphatic heterocycles. The Morgan fingerprint density at radius 2 is 2.36 bits per heavy atom. The lowest BCUT2D eigenvalue weighted by Crippen LogP contribution is -2.03. The summed E-state index contributed by atoms with van der Waals surface area (Å²) in [5, 5.41) is 8.67. The van der Waals surface area contributed by atoms with Gasteiger partial charge >= 0.3 is 0 Å². The number of hydrogen-bond acceptors (Lipinski definition) is 4. The highest BCUT2D eigenvalue weighted by Crippen LogP contribution is 2.16. The molecular weight excluding hydrogens is 182 g/mol. The summed E-state index contributed by atoms with van der Waals surface area (Å²) in [5.74, 6) is 0.245. The summed E-state index contributed by atoms with van der Waals surface area (Å²) in [7, 11) is 0. The number of fused-ring (bicyclic) bond motifs is 1. The lowest BCUT2D eigenvalue weighted by atomic mass is 10.1. The van der Waals surface area contributed by atoms with Gasteiger partial charge in [0.15, 0.2) is 17.3 Å². The second kappa shape index (κ2) is 3.23. The van der Waals surface area contributed by atoms with Crippen LogP contribution in [0.4, 0.5) is 0 Å². The Labute approximate surface area is 80.2 Å². The van der Waals surface area contributed by atoms with Crippen LogP contribution in [0.3, 0.4) is 0 Å². The van der Waals surface area contributed by atoms with Crippen LogP contribution in [0.1, 0.15) is 16.2 Å². The number of aliphatic hydroxyl groups excluding tert-OH is 1. The van der Waals surface area contributed by atoms with E-state index in [-0.39, 0.29) is 5.78 Å². The minimum Gasteiger partial charge on any atom is -0.441 e. The molecule has 0 saturated carbocycles. The third-order valence-corrected chi connectivity index (χ3v) is 1.96. The zero-order valence-corrected chi connectivity index (χ0v) is 7.65. The fourth-order valence-electron chi connectivity index (χ4n) is 1.30. The van der Waals surface area contributed by atoms with Gasteiger partial charge in [0, 0.05) is 12.5 Å². The first kappa shape index (κ1) is 8.90. The van der Waals surface area contributed by atoms with Crippen molar-refractivity contribution in [3.8, 4) is 0 Å². The van der Waals surface area contributed by atoms with E-state index in [0.717, 1.165) is 5.52 Å². The maximum Gasteiger partial charge on any atom is 0.192 e. The van der Waals surface area contributed by atoms with Crippen LogP contribution in [0, 0.1) is 6.92 Å². The number of aryl methyl sites for hydroxylation is 1. The maximum absolute atomic E-state index is 11.2. The molecule has 4 heteroatoms. The number of carbonyl (C=O) groups is 1. The van der Waals surface area contributed by atoms with Gasteiger partial charge in [0.1, 0.15) is 12.1 Å². The predicted molar refractivity (Wildman–Crippen MR) is 50.2 cm³/mol. The SMILES string of the molecule is Cc1nc2ccc(C(=O)CO)cc2o1. The molecule has 2 rings (SSSR count). The van der Waals surface area contributed by atoms with E-state index in [9.17, 15) is 4.79 Å². The van der Waals surface area contributed by atoms with Gasteiger partial charge in [0.2, 0.25) is 0 Å². The molecule has 1 aromatic carbocycles. The lowest BCUT2D eigenvalue weighted by Gasteiger charge is -1.95. The van der Waals surface area contributed by atoms with Crippen molar-refractivity contribution in [3.05, 3.63) is 29.7 Å². The van der Waals surface area contributed by atoms with Crippen LogP contribution in [0.5, 0.6) is 0 Å². The summed E-state index contributed by atoms with van der Waals surface area (Å²) in [6.07, 6.45) is 0. The van der Waals surface area contributed by atoms with Gasteiger partial charge in [0.05, 0.1) is 0 Å². The fraction of sp³-hybridized carbons (Fsp3) is 0.200. The monoisotopic (exact) mass is 191 g/mol. The highest BCUT2D eigenvalue weighted by atomic mass is 16.3. The second-order valence-corrected chi connectivity index (χ2v) is 3.00. The van der Waals surface area contributed by atoms with Crippen LogP contribution in [0.15, 0.2) is 22.6 Å². The third-order valence-electron chi connectivity index (χ3n) is 1.96. The van der Waals surface area contributed by atoms with Gasteiger partial charge in [-0.05, 0) is 18.2 Å². The number of rotatable bonds is 2. The topological polar surface area (TPSA) is 63.3 Å². The van der Waals surface area contributed by atoms with E-state index < -0.39 is 6.61 Å². The van der Waals surface area contributed by atoms with Crippen LogP contribution in [-0.2, 0) is 0 Å². The largest absolute Gasteiger partial charge is 0.441 e. The zero-order chi connectivity index (χ0) is 10.1. The molecule has 1 aromatic heterocycles. The zero-order valence-electron chi connectivity index (χ0n) is 7.65. The summed E-state index contributed by atoms with van der Waals surface area (Å²) in [5.41, 5.74) is 1.73. The highest BCUT2D eigenvalue weighted by molar-refractivity contribution is 5.99. The summed E-state index contributed by atoms with van der Waals surface area (Å²) in [6.45, 7) is 1.26. The number of hydrogen-bond donors (Lipinski definition) is 1. The van der Waals surface area contributed by atoms with Crippen molar-refractivity contribution in [2.75, 3.05) is 6.61 Å². The van der Waals surface area contributed by atoms with Crippen LogP contribution < -0.4 is 0 Å². The molecular formula is C10H9NO3. The Bertz CT molecular complexity index is 487. The number of nitrogens with zero attached hydrogens (tertiary/aromatic N) is 1. The van der Waals surface area contributed by atoms with Gasteiger partial charge in [0.25, 0.3) is 0 Å². The van der Waals surface area contributed by atoms with Crippen molar-refractivity contribution in [1.29, 1.82) is 0 Å². The first-order chi connectivity index (χ1) is 6.70. The Morgan fingerprint density at radius 1 is 1.57 bits per heavy atom. The summed E-state index contributed by atoms with van der Waals surface area (Å²) in [6, 6.07) is 4.92. The van der Waals surface area contributed by atoms with E-state index in [4.69, 9.17) is 9.52 Å². The van der Waals surface area contributed by atoms with E-state index in [1.54, 1.807) is 25.1 Å². The standard InChI is InChI=1S/C10H9NO3/c1-6-11-8-3-2-7(9(13)5-12)4-10(8)14-6/h2-4,12H,5H2,1H3. The normalized spacial score (nSPS) is 10.7. The summed E-state index contributed by atoms with van der Waals surface area (Å²) < 4.78 is 5.26. The Morgan fingerprint density at radius 3 is 3.07 bits per heavy atom. The molecule has 0 spiro atoms. The molecule has 0 unspecified atom stereocenters. The number of aromatic nitrogens is 1. The molecule has 1 heterocycles. The van der Waals surface area contributed by atoms with Crippen molar-refractivity contribution in [1.82, 2.24) is 4.98 Å². The van der Waals surface area contributed by atoms with Crippen molar-refractivity contribution in [2.24, 2.45) is 0 Å². The molecule has 0 aliphatic rings. The molecule has 1 N–H and O–H groups in total. The van der Waals surface area contributed by atoms with Gasteiger partial charge in [-0.3, -0.25) is 4.79 Å². The molecule has 0 bridgehead atoms. The van der Waals surface area contributed by atoms with Gasteiger partial charge in [-0.15, -0.1) is 0 Å².